The smallest absolute Gasteiger partial charge is 0.123 e. The van der Waals surface area contributed by atoms with Gasteiger partial charge in [-0.2, -0.15) is 0 Å². The molecule has 2 aromatic carbocycles. The Morgan fingerprint density at radius 3 is 2.59 bits per heavy atom. The number of hydrogen-bond acceptors (Lipinski definition) is 3. The maximum atomic E-state index is 9.86. The molecule has 0 spiro atoms. The van der Waals surface area contributed by atoms with Crippen LogP contribution in [0.1, 0.15) is 11.6 Å². The Balaban J connectivity index is 2.12. The molecule has 1 heterocycles. The van der Waals surface area contributed by atoms with Crippen molar-refractivity contribution in [3.63, 3.8) is 0 Å². The van der Waals surface area contributed by atoms with Crippen LogP contribution in [0.2, 0.25) is 0 Å². The van der Waals surface area contributed by atoms with E-state index < -0.39 is 0 Å². The van der Waals surface area contributed by atoms with Crippen LogP contribution in [0.5, 0.6) is 5.75 Å². The summed E-state index contributed by atoms with van der Waals surface area (Å²) in [6.45, 7) is 2.95. The molecule has 0 aliphatic carbocycles. The molecule has 0 bridgehead atoms. The molecule has 0 aromatic heterocycles. The van der Waals surface area contributed by atoms with Crippen molar-refractivity contribution in [3.8, 4) is 5.75 Å². The fraction of sp³-hybridized carbons (Fsp3) is 0.286. The average molecular weight is 228 g/mol. The van der Waals surface area contributed by atoms with Crippen LogP contribution in [-0.2, 0) is 0 Å². The van der Waals surface area contributed by atoms with Crippen LogP contribution in [0, 0.1) is 0 Å². The van der Waals surface area contributed by atoms with Gasteiger partial charge >= 0.3 is 0 Å². The number of phenolic OH excluding ortho intramolecular Hbond substituents is 1. The highest BCUT2D eigenvalue weighted by Gasteiger charge is 2.17. The summed E-state index contributed by atoms with van der Waals surface area (Å²) >= 11 is 0. The molecular formula is C14H16N2O. The third-order valence-electron chi connectivity index (χ3n) is 3.35. The van der Waals surface area contributed by atoms with Crippen molar-refractivity contribution in [3.05, 3.63) is 42.0 Å². The van der Waals surface area contributed by atoms with Crippen molar-refractivity contribution in [2.75, 3.05) is 19.6 Å². The van der Waals surface area contributed by atoms with Crippen molar-refractivity contribution < 1.29 is 5.11 Å². The minimum atomic E-state index is 0.328. The second-order valence-corrected chi connectivity index (χ2v) is 4.43. The maximum absolute atomic E-state index is 9.86. The highest BCUT2D eigenvalue weighted by molar-refractivity contribution is 5.91. The zero-order valence-electron chi connectivity index (χ0n) is 9.61. The van der Waals surface area contributed by atoms with Crippen LogP contribution in [0.3, 0.4) is 0 Å². The fourth-order valence-corrected chi connectivity index (χ4v) is 2.48. The van der Waals surface area contributed by atoms with E-state index >= 15 is 0 Å². The topological polar surface area (TPSA) is 44.3 Å². The first kappa shape index (κ1) is 10.6. The molecule has 1 fully saturated rings. The Kier molecular flexibility index (Phi) is 2.71. The number of benzene rings is 2. The Morgan fingerprint density at radius 1 is 1.00 bits per heavy atom. The molecule has 0 unspecified atom stereocenters. The first-order valence-electron chi connectivity index (χ1n) is 6.01. The van der Waals surface area contributed by atoms with E-state index in [0.29, 0.717) is 11.8 Å². The average Bonchev–Trinajstić information content (AvgIpc) is 2.41. The molecule has 2 aromatic rings. The van der Waals surface area contributed by atoms with Gasteiger partial charge in [-0.15, -0.1) is 0 Å². The van der Waals surface area contributed by atoms with E-state index in [0.717, 1.165) is 30.4 Å². The van der Waals surface area contributed by atoms with Crippen LogP contribution in [0.4, 0.5) is 0 Å². The van der Waals surface area contributed by atoms with Gasteiger partial charge in [0.25, 0.3) is 0 Å². The molecule has 1 aliphatic heterocycles. The van der Waals surface area contributed by atoms with Gasteiger partial charge in [0.05, 0.1) is 0 Å². The van der Waals surface area contributed by atoms with E-state index in [1.54, 1.807) is 6.07 Å². The van der Waals surface area contributed by atoms with Crippen molar-refractivity contribution in [1.82, 2.24) is 10.6 Å². The number of rotatable bonds is 1. The molecule has 0 radical (unpaired) electrons. The lowest BCUT2D eigenvalue weighted by Crippen LogP contribution is -2.42. The molecule has 1 aliphatic rings. The molecule has 0 saturated carbocycles. The first-order valence-corrected chi connectivity index (χ1v) is 6.01. The van der Waals surface area contributed by atoms with Crippen molar-refractivity contribution >= 4 is 10.8 Å². The maximum Gasteiger partial charge on any atom is 0.123 e. The number of piperazine rings is 1. The third-order valence-corrected chi connectivity index (χ3v) is 3.35. The predicted molar refractivity (Wildman–Crippen MR) is 69.2 cm³/mol. The predicted octanol–water partition coefficient (Wildman–Crippen LogP) is 1.78. The van der Waals surface area contributed by atoms with E-state index in [2.05, 4.69) is 16.7 Å². The largest absolute Gasteiger partial charge is 0.507 e. The van der Waals surface area contributed by atoms with Gasteiger partial charge < -0.3 is 15.7 Å². The molecule has 88 valence electrons. The molecule has 1 atom stereocenters. The lowest BCUT2D eigenvalue weighted by atomic mass is 9.97. The van der Waals surface area contributed by atoms with Crippen LogP contribution >= 0.6 is 0 Å². The summed E-state index contributed by atoms with van der Waals surface area (Å²) in [6.07, 6.45) is 0. The van der Waals surface area contributed by atoms with Crippen LogP contribution in [0.15, 0.2) is 36.4 Å². The summed E-state index contributed by atoms with van der Waals surface area (Å²) in [7, 11) is 0. The number of fused-ring (bicyclic) bond motifs is 1. The van der Waals surface area contributed by atoms with E-state index in [4.69, 9.17) is 0 Å². The summed E-state index contributed by atoms with van der Waals surface area (Å²) in [5.74, 6) is 0.355. The second-order valence-electron chi connectivity index (χ2n) is 4.43. The second kappa shape index (κ2) is 4.35. The van der Waals surface area contributed by atoms with Gasteiger partial charge in [-0.05, 0) is 17.0 Å². The molecule has 1 saturated heterocycles. The minimum Gasteiger partial charge on any atom is -0.507 e. The standard InChI is InChI=1S/C14H16N2O/c17-14-6-5-11(13-9-15-7-8-16-13)10-3-1-2-4-12(10)14/h1-6,13,15-17H,7-9H2/t13-/m0/s1. The highest BCUT2D eigenvalue weighted by Crippen LogP contribution is 2.30. The molecule has 3 nitrogen and oxygen atoms in total. The van der Waals surface area contributed by atoms with Gasteiger partial charge in [-0.3, -0.25) is 0 Å². The number of aromatic hydroxyl groups is 1. The SMILES string of the molecule is Oc1ccc([C@@H]2CNCCN2)c2ccccc12. The molecule has 17 heavy (non-hydrogen) atoms. The number of nitrogens with one attached hydrogen (secondary N) is 2. The summed E-state index contributed by atoms with van der Waals surface area (Å²) in [6, 6.07) is 12.1. The lowest BCUT2D eigenvalue weighted by molar-refractivity contribution is 0.431. The fourth-order valence-electron chi connectivity index (χ4n) is 2.48. The van der Waals surface area contributed by atoms with Gasteiger partial charge in [0, 0.05) is 31.1 Å². The van der Waals surface area contributed by atoms with Gasteiger partial charge in [0.1, 0.15) is 5.75 Å². The van der Waals surface area contributed by atoms with E-state index in [9.17, 15) is 5.11 Å². The lowest BCUT2D eigenvalue weighted by Gasteiger charge is -2.26. The zero-order valence-corrected chi connectivity index (χ0v) is 9.61. The van der Waals surface area contributed by atoms with Gasteiger partial charge in [0.2, 0.25) is 0 Å². The summed E-state index contributed by atoms with van der Waals surface area (Å²) in [5, 5.41) is 18.8. The van der Waals surface area contributed by atoms with Crippen molar-refractivity contribution in [2.24, 2.45) is 0 Å². The monoisotopic (exact) mass is 228 g/mol. The molecule has 3 rings (SSSR count). The first-order chi connectivity index (χ1) is 8.36. The van der Waals surface area contributed by atoms with Crippen LogP contribution in [-0.4, -0.2) is 24.7 Å². The van der Waals surface area contributed by atoms with Crippen LogP contribution < -0.4 is 10.6 Å². The molecule has 3 heteroatoms. The van der Waals surface area contributed by atoms with E-state index in [-0.39, 0.29) is 0 Å². The number of hydrogen-bond donors (Lipinski definition) is 3. The van der Waals surface area contributed by atoms with Crippen molar-refractivity contribution in [2.45, 2.75) is 6.04 Å². The van der Waals surface area contributed by atoms with E-state index in [1.165, 1.54) is 5.56 Å². The number of phenols is 1. The Morgan fingerprint density at radius 2 is 1.82 bits per heavy atom. The van der Waals surface area contributed by atoms with E-state index in [1.807, 2.05) is 24.3 Å². The van der Waals surface area contributed by atoms with Crippen molar-refractivity contribution in [1.29, 1.82) is 0 Å². The molecule has 3 N–H and O–H groups in total. The van der Waals surface area contributed by atoms with Gasteiger partial charge in [-0.25, -0.2) is 0 Å². The minimum absolute atomic E-state index is 0.328. The Bertz CT molecular complexity index is 533. The molecule has 0 amide bonds. The Labute approximate surface area is 100 Å². The van der Waals surface area contributed by atoms with Gasteiger partial charge in [0.15, 0.2) is 0 Å². The normalized spacial score (nSPS) is 20.6. The van der Waals surface area contributed by atoms with Gasteiger partial charge in [-0.1, -0.05) is 30.3 Å². The third kappa shape index (κ3) is 1.88. The summed E-state index contributed by atoms with van der Waals surface area (Å²) in [4.78, 5) is 0. The van der Waals surface area contributed by atoms with Crippen LogP contribution in [0.25, 0.3) is 10.8 Å². The summed E-state index contributed by atoms with van der Waals surface area (Å²) < 4.78 is 0. The quantitative estimate of drug-likeness (QED) is 0.697. The Hall–Kier alpha value is -1.58. The highest BCUT2D eigenvalue weighted by atomic mass is 16.3. The molecular weight excluding hydrogens is 212 g/mol. The summed E-state index contributed by atoms with van der Waals surface area (Å²) in [5.41, 5.74) is 1.26. The zero-order chi connectivity index (χ0) is 11.7.